The first-order valence-corrected chi connectivity index (χ1v) is 7.59. The summed E-state index contributed by atoms with van der Waals surface area (Å²) in [6.45, 7) is 0.692. The van der Waals surface area contributed by atoms with Crippen LogP contribution in [0.3, 0.4) is 0 Å². The Bertz CT molecular complexity index is 531. The number of rotatable bonds is 5. The van der Waals surface area contributed by atoms with Gasteiger partial charge in [-0.2, -0.15) is 4.98 Å². The van der Waals surface area contributed by atoms with E-state index >= 15 is 0 Å². The number of benzene rings is 1. The second-order valence-electron chi connectivity index (χ2n) is 5.08. The third kappa shape index (κ3) is 2.66. The minimum absolute atomic E-state index is 0.290. The van der Waals surface area contributed by atoms with Crippen molar-refractivity contribution in [3.8, 4) is 11.7 Å². The SMILES string of the molecule is BrCC1(COc2ncn(-c3ccccc3)n2)CCC1. The molecular formula is C14H16BrN3O. The van der Waals surface area contributed by atoms with Gasteiger partial charge in [-0.15, -0.1) is 5.10 Å². The summed E-state index contributed by atoms with van der Waals surface area (Å²) in [5.41, 5.74) is 1.28. The molecule has 0 radical (unpaired) electrons. The lowest BCUT2D eigenvalue weighted by molar-refractivity contribution is 0.0781. The van der Waals surface area contributed by atoms with Crippen molar-refractivity contribution in [2.24, 2.45) is 5.41 Å². The van der Waals surface area contributed by atoms with Gasteiger partial charge in [-0.3, -0.25) is 0 Å². The maximum atomic E-state index is 5.73. The molecule has 2 aromatic rings. The lowest BCUT2D eigenvalue weighted by atomic mass is 9.71. The first kappa shape index (κ1) is 12.7. The minimum atomic E-state index is 0.290. The van der Waals surface area contributed by atoms with Crippen molar-refractivity contribution in [2.45, 2.75) is 19.3 Å². The van der Waals surface area contributed by atoms with E-state index in [4.69, 9.17) is 4.74 Å². The number of para-hydroxylation sites is 1. The number of aromatic nitrogens is 3. The lowest BCUT2D eigenvalue weighted by Gasteiger charge is -2.39. The van der Waals surface area contributed by atoms with Crippen molar-refractivity contribution in [3.63, 3.8) is 0 Å². The topological polar surface area (TPSA) is 39.9 Å². The molecule has 0 atom stereocenters. The third-order valence-electron chi connectivity index (χ3n) is 3.70. The van der Waals surface area contributed by atoms with Gasteiger partial charge >= 0.3 is 6.01 Å². The van der Waals surface area contributed by atoms with Gasteiger partial charge in [0.15, 0.2) is 0 Å². The van der Waals surface area contributed by atoms with Crippen molar-refractivity contribution in [1.29, 1.82) is 0 Å². The van der Waals surface area contributed by atoms with Crippen molar-refractivity contribution in [2.75, 3.05) is 11.9 Å². The minimum Gasteiger partial charge on any atom is -0.462 e. The molecule has 0 spiro atoms. The largest absolute Gasteiger partial charge is 0.462 e. The Labute approximate surface area is 120 Å². The molecule has 3 rings (SSSR count). The molecule has 0 bridgehead atoms. The summed E-state index contributed by atoms with van der Waals surface area (Å²) < 4.78 is 7.47. The van der Waals surface area contributed by atoms with Crippen LogP contribution in [0.25, 0.3) is 5.69 Å². The molecule has 0 saturated heterocycles. The average molecular weight is 322 g/mol. The molecule has 1 saturated carbocycles. The fraction of sp³-hybridized carbons (Fsp3) is 0.429. The van der Waals surface area contributed by atoms with Gasteiger partial charge in [0, 0.05) is 10.7 Å². The van der Waals surface area contributed by atoms with E-state index < -0.39 is 0 Å². The van der Waals surface area contributed by atoms with Gasteiger partial charge in [0.05, 0.1) is 12.3 Å². The zero-order chi connectivity index (χ0) is 13.1. The molecule has 1 aliphatic carbocycles. The smallest absolute Gasteiger partial charge is 0.335 e. The molecule has 0 aliphatic heterocycles. The van der Waals surface area contributed by atoms with Gasteiger partial charge in [0.1, 0.15) is 6.33 Å². The molecule has 1 aliphatic rings. The van der Waals surface area contributed by atoms with E-state index in [1.807, 2.05) is 30.3 Å². The predicted octanol–water partition coefficient (Wildman–Crippen LogP) is 3.21. The summed E-state index contributed by atoms with van der Waals surface area (Å²) in [4.78, 5) is 4.20. The molecule has 19 heavy (non-hydrogen) atoms. The first-order valence-electron chi connectivity index (χ1n) is 6.47. The second kappa shape index (κ2) is 5.33. The van der Waals surface area contributed by atoms with E-state index in [2.05, 4.69) is 26.0 Å². The van der Waals surface area contributed by atoms with Crippen molar-refractivity contribution in [3.05, 3.63) is 36.7 Å². The van der Waals surface area contributed by atoms with E-state index in [0.29, 0.717) is 12.6 Å². The van der Waals surface area contributed by atoms with Gasteiger partial charge < -0.3 is 4.74 Å². The first-order chi connectivity index (χ1) is 9.31. The Morgan fingerprint density at radius 2 is 2.05 bits per heavy atom. The van der Waals surface area contributed by atoms with Crippen molar-refractivity contribution in [1.82, 2.24) is 14.8 Å². The number of ether oxygens (including phenoxy) is 1. The summed E-state index contributed by atoms with van der Waals surface area (Å²) in [6, 6.07) is 10.4. The molecular weight excluding hydrogens is 306 g/mol. The summed E-state index contributed by atoms with van der Waals surface area (Å²) in [6.07, 6.45) is 5.42. The lowest BCUT2D eigenvalue weighted by Crippen LogP contribution is -2.37. The Balaban J connectivity index is 1.65. The molecule has 0 unspecified atom stereocenters. The highest BCUT2D eigenvalue weighted by atomic mass is 79.9. The quantitative estimate of drug-likeness (QED) is 0.794. The van der Waals surface area contributed by atoms with Gasteiger partial charge in [-0.05, 0) is 25.0 Å². The van der Waals surface area contributed by atoms with Crippen LogP contribution in [0.15, 0.2) is 36.7 Å². The van der Waals surface area contributed by atoms with E-state index in [1.165, 1.54) is 19.3 Å². The zero-order valence-corrected chi connectivity index (χ0v) is 12.2. The van der Waals surface area contributed by atoms with Crippen LogP contribution >= 0.6 is 15.9 Å². The van der Waals surface area contributed by atoms with Crippen LogP contribution in [-0.2, 0) is 0 Å². The zero-order valence-electron chi connectivity index (χ0n) is 10.6. The highest BCUT2D eigenvalue weighted by molar-refractivity contribution is 9.09. The van der Waals surface area contributed by atoms with Crippen LogP contribution < -0.4 is 4.74 Å². The normalized spacial score (nSPS) is 16.9. The third-order valence-corrected chi connectivity index (χ3v) is 4.89. The number of hydrogen-bond acceptors (Lipinski definition) is 3. The summed E-state index contributed by atoms with van der Waals surface area (Å²) in [5, 5.41) is 5.33. The van der Waals surface area contributed by atoms with Gasteiger partial charge in [0.2, 0.25) is 0 Å². The molecule has 100 valence electrons. The number of alkyl halides is 1. The molecule has 4 nitrogen and oxygen atoms in total. The molecule has 1 heterocycles. The number of halogens is 1. The van der Waals surface area contributed by atoms with Gasteiger partial charge in [-0.25, -0.2) is 4.68 Å². The Morgan fingerprint density at radius 3 is 2.68 bits per heavy atom. The maximum absolute atomic E-state index is 5.73. The Morgan fingerprint density at radius 1 is 1.26 bits per heavy atom. The predicted molar refractivity (Wildman–Crippen MR) is 76.9 cm³/mol. The van der Waals surface area contributed by atoms with Crippen LogP contribution in [0.1, 0.15) is 19.3 Å². The van der Waals surface area contributed by atoms with Crippen LogP contribution in [-0.4, -0.2) is 26.7 Å². The van der Waals surface area contributed by atoms with E-state index in [0.717, 1.165) is 11.0 Å². The van der Waals surface area contributed by atoms with Crippen LogP contribution in [0.4, 0.5) is 0 Å². The second-order valence-corrected chi connectivity index (χ2v) is 5.64. The van der Waals surface area contributed by atoms with Crippen LogP contribution in [0.2, 0.25) is 0 Å². The van der Waals surface area contributed by atoms with E-state index in [9.17, 15) is 0 Å². The summed E-state index contributed by atoms with van der Waals surface area (Å²) in [7, 11) is 0. The van der Waals surface area contributed by atoms with Crippen LogP contribution in [0, 0.1) is 5.41 Å². The standard InChI is InChI=1S/C14H16BrN3O/c15-9-14(7-4-8-14)10-19-13-16-11-18(17-13)12-5-2-1-3-6-12/h1-3,5-6,11H,4,7-10H2. The molecule has 1 aromatic carbocycles. The fourth-order valence-corrected chi connectivity index (χ4v) is 2.95. The molecule has 0 amide bonds. The number of nitrogens with zero attached hydrogens (tertiary/aromatic N) is 3. The summed E-state index contributed by atoms with van der Waals surface area (Å²) >= 11 is 3.57. The highest BCUT2D eigenvalue weighted by Crippen LogP contribution is 2.42. The fourth-order valence-electron chi connectivity index (χ4n) is 2.23. The summed E-state index contributed by atoms with van der Waals surface area (Å²) in [5.74, 6) is 0. The van der Waals surface area contributed by atoms with Gasteiger partial charge in [-0.1, -0.05) is 40.5 Å². The van der Waals surface area contributed by atoms with Gasteiger partial charge in [0.25, 0.3) is 0 Å². The molecule has 1 aromatic heterocycles. The molecule has 1 fully saturated rings. The van der Waals surface area contributed by atoms with E-state index in [-0.39, 0.29) is 5.41 Å². The number of hydrogen-bond donors (Lipinski definition) is 0. The Hall–Kier alpha value is -1.36. The maximum Gasteiger partial charge on any atom is 0.335 e. The highest BCUT2D eigenvalue weighted by Gasteiger charge is 2.37. The monoisotopic (exact) mass is 321 g/mol. The van der Waals surface area contributed by atoms with Crippen molar-refractivity contribution < 1.29 is 4.74 Å². The average Bonchev–Trinajstić information content (AvgIpc) is 2.88. The van der Waals surface area contributed by atoms with Crippen molar-refractivity contribution >= 4 is 15.9 Å². The Kier molecular flexibility index (Phi) is 3.55. The van der Waals surface area contributed by atoms with Crippen LogP contribution in [0.5, 0.6) is 6.01 Å². The molecule has 0 N–H and O–H groups in total. The molecule has 5 heteroatoms. The van der Waals surface area contributed by atoms with E-state index in [1.54, 1.807) is 11.0 Å².